The predicted molar refractivity (Wildman–Crippen MR) is 64.1 cm³/mol. The molecule has 2 aromatic rings. The average Bonchev–Trinajstić information content (AvgIpc) is 2.30. The summed E-state index contributed by atoms with van der Waals surface area (Å²) in [7, 11) is -3.59. The Morgan fingerprint density at radius 3 is 2.29 bits per heavy atom. The van der Waals surface area contributed by atoms with Crippen molar-refractivity contribution in [3.05, 3.63) is 59.1 Å². The third-order valence-electron chi connectivity index (χ3n) is 1.96. The highest BCUT2D eigenvalue weighted by molar-refractivity contribution is 7.93. The van der Waals surface area contributed by atoms with Gasteiger partial charge in [-0.05, 0) is 18.0 Å². The first-order valence-corrected chi connectivity index (χ1v) is 6.53. The molecule has 0 aliphatic carbocycles. The van der Waals surface area contributed by atoms with Crippen molar-refractivity contribution in [3.63, 3.8) is 0 Å². The second kappa shape index (κ2) is 4.92. The van der Waals surface area contributed by atoms with E-state index >= 15 is 0 Å². The van der Waals surface area contributed by atoms with Crippen LogP contribution in [0.4, 0.5) is 5.95 Å². The van der Waals surface area contributed by atoms with E-state index in [1.165, 1.54) is 12.4 Å². The molecule has 88 valence electrons. The van der Waals surface area contributed by atoms with E-state index < -0.39 is 10.0 Å². The van der Waals surface area contributed by atoms with E-state index in [4.69, 9.17) is 0 Å². The molecule has 0 bridgehead atoms. The monoisotopic (exact) mass is 248 g/mol. The van der Waals surface area contributed by atoms with Gasteiger partial charge < -0.3 is 9.97 Å². The molecule has 0 saturated carbocycles. The van der Waals surface area contributed by atoms with Gasteiger partial charge in [0.1, 0.15) is 0 Å². The summed E-state index contributed by atoms with van der Waals surface area (Å²) in [5.41, 5.74) is 0.687. The summed E-state index contributed by atoms with van der Waals surface area (Å²) in [6, 6.07) is 10.5. The molecule has 0 radical (unpaired) electrons. The highest BCUT2D eigenvalue weighted by Crippen LogP contribution is 2.19. The van der Waals surface area contributed by atoms with Gasteiger partial charge in [0, 0.05) is 5.95 Å². The number of nitrogens with zero attached hydrogens (tertiary/aromatic N) is 3. The van der Waals surface area contributed by atoms with Crippen LogP contribution >= 0.6 is 0 Å². The largest absolute Gasteiger partial charge is 0.366 e. The summed E-state index contributed by atoms with van der Waals surface area (Å²) in [5.74, 6) is -0.185. The standard InChI is InChI=1S/C11H10N3O2S/c15-17(16,9-10-5-2-1-3-6-10)14-11-12-7-4-8-13-11/h1-8H,9H2/q-1. The Labute approximate surface area is 99.6 Å². The molecular weight excluding hydrogens is 238 g/mol. The molecule has 2 rings (SSSR count). The summed E-state index contributed by atoms with van der Waals surface area (Å²) in [4.78, 5) is 7.50. The van der Waals surface area contributed by atoms with Crippen molar-refractivity contribution in [2.75, 3.05) is 0 Å². The molecule has 1 aromatic heterocycles. The van der Waals surface area contributed by atoms with E-state index in [0.717, 1.165) is 0 Å². The lowest BCUT2D eigenvalue weighted by Gasteiger charge is -2.11. The van der Waals surface area contributed by atoms with Gasteiger partial charge in [-0.2, -0.15) is 0 Å². The predicted octanol–water partition coefficient (Wildman–Crippen LogP) is 2.01. The van der Waals surface area contributed by atoms with E-state index in [-0.39, 0.29) is 11.7 Å². The zero-order valence-corrected chi connectivity index (χ0v) is 9.71. The van der Waals surface area contributed by atoms with Crippen LogP contribution in [0.1, 0.15) is 5.56 Å². The van der Waals surface area contributed by atoms with Crippen LogP contribution in [0.2, 0.25) is 0 Å². The molecule has 0 amide bonds. The summed E-state index contributed by atoms with van der Waals surface area (Å²) in [6.45, 7) is 0. The van der Waals surface area contributed by atoms with Crippen molar-refractivity contribution in [3.8, 4) is 0 Å². The van der Waals surface area contributed by atoms with Crippen LogP contribution in [-0.4, -0.2) is 18.4 Å². The van der Waals surface area contributed by atoms with Gasteiger partial charge in [-0.1, -0.05) is 36.4 Å². The first-order valence-electron chi connectivity index (χ1n) is 4.92. The maximum absolute atomic E-state index is 11.7. The van der Waals surface area contributed by atoms with Crippen LogP contribution in [0.5, 0.6) is 0 Å². The third-order valence-corrected chi connectivity index (χ3v) is 3.10. The third kappa shape index (κ3) is 3.53. The number of hydrogen-bond acceptors (Lipinski definition) is 4. The fourth-order valence-electron chi connectivity index (χ4n) is 1.28. The van der Waals surface area contributed by atoms with Crippen molar-refractivity contribution in [1.82, 2.24) is 9.97 Å². The molecule has 0 aliphatic heterocycles. The SMILES string of the molecule is O=S(=O)(Cc1ccccc1)[N-]c1ncccn1. The summed E-state index contributed by atoms with van der Waals surface area (Å²) in [6.07, 6.45) is 2.90. The van der Waals surface area contributed by atoms with Crippen molar-refractivity contribution in [2.24, 2.45) is 0 Å². The number of hydrogen-bond donors (Lipinski definition) is 0. The molecule has 1 aromatic carbocycles. The summed E-state index contributed by atoms with van der Waals surface area (Å²) in [5, 5.41) is 0. The van der Waals surface area contributed by atoms with Crippen LogP contribution in [0.25, 0.3) is 4.72 Å². The summed E-state index contributed by atoms with van der Waals surface area (Å²) >= 11 is 0. The molecule has 6 heteroatoms. The van der Waals surface area contributed by atoms with Gasteiger partial charge in [0.15, 0.2) is 0 Å². The minimum absolute atomic E-state index is 0.0385. The Morgan fingerprint density at radius 2 is 1.65 bits per heavy atom. The van der Waals surface area contributed by atoms with Crippen LogP contribution in [0.3, 0.4) is 0 Å². The first kappa shape index (κ1) is 11.5. The van der Waals surface area contributed by atoms with E-state index in [1.54, 1.807) is 30.3 Å². The lowest BCUT2D eigenvalue weighted by atomic mass is 10.2. The smallest absolute Gasteiger partial charge is 0.204 e. The van der Waals surface area contributed by atoms with E-state index in [2.05, 4.69) is 14.7 Å². The van der Waals surface area contributed by atoms with Crippen LogP contribution < -0.4 is 0 Å². The Bertz CT molecular complexity index is 523. The molecule has 0 saturated heterocycles. The molecule has 17 heavy (non-hydrogen) atoms. The number of rotatable bonds is 4. The van der Waals surface area contributed by atoms with E-state index in [0.29, 0.717) is 5.56 Å². The molecule has 0 atom stereocenters. The maximum atomic E-state index is 11.7. The maximum Gasteiger partial charge on any atom is 0.204 e. The van der Waals surface area contributed by atoms with Crippen LogP contribution in [-0.2, 0) is 15.8 Å². The molecule has 0 spiro atoms. The second-order valence-corrected chi connectivity index (χ2v) is 4.99. The van der Waals surface area contributed by atoms with Gasteiger partial charge >= 0.3 is 0 Å². The fraction of sp³-hybridized carbons (Fsp3) is 0.0909. The van der Waals surface area contributed by atoms with Crippen molar-refractivity contribution in [2.45, 2.75) is 5.75 Å². The highest BCUT2D eigenvalue weighted by Gasteiger charge is 2.08. The molecule has 0 fully saturated rings. The highest BCUT2D eigenvalue weighted by atomic mass is 32.2. The normalized spacial score (nSPS) is 11.1. The zero-order chi connectivity index (χ0) is 12.1. The zero-order valence-electron chi connectivity index (χ0n) is 8.89. The lowest BCUT2D eigenvalue weighted by Crippen LogP contribution is -2.02. The Balaban J connectivity index is 2.11. The van der Waals surface area contributed by atoms with Gasteiger partial charge in [0.2, 0.25) is 10.0 Å². The Morgan fingerprint density at radius 1 is 1.00 bits per heavy atom. The minimum Gasteiger partial charge on any atom is -0.366 e. The van der Waals surface area contributed by atoms with Crippen molar-refractivity contribution in [1.29, 1.82) is 0 Å². The molecule has 1 heterocycles. The quantitative estimate of drug-likeness (QED) is 0.829. The second-order valence-electron chi connectivity index (χ2n) is 3.35. The van der Waals surface area contributed by atoms with Gasteiger partial charge in [-0.3, -0.25) is 4.72 Å². The molecular formula is C11H10N3O2S-. The fourth-order valence-corrected chi connectivity index (χ4v) is 2.30. The van der Waals surface area contributed by atoms with Gasteiger partial charge in [0.25, 0.3) is 0 Å². The van der Waals surface area contributed by atoms with Crippen LogP contribution in [0, 0.1) is 0 Å². The van der Waals surface area contributed by atoms with Crippen LogP contribution in [0.15, 0.2) is 48.8 Å². The number of sulfonamides is 1. The Kier molecular flexibility index (Phi) is 3.34. The van der Waals surface area contributed by atoms with Crippen molar-refractivity contribution >= 4 is 16.0 Å². The van der Waals surface area contributed by atoms with E-state index in [9.17, 15) is 8.42 Å². The molecule has 0 aliphatic rings. The van der Waals surface area contributed by atoms with E-state index in [1.807, 2.05) is 6.07 Å². The Hall–Kier alpha value is -1.95. The minimum atomic E-state index is -3.59. The van der Waals surface area contributed by atoms with Crippen molar-refractivity contribution < 1.29 is 8.42 Å². The van der Waals surface area contributed by atoms with Gasteiger partial charge in [-0.25, -0.2) is 8.42 Å². The molecule has 0 N–H and O–H groups in total. The molecule has 5 nitrogen and oxygen atoms in total. The number of benzene rings is 1. The first-order chi connectivity index (χ1) is 8.16. The average molecular weight is 248 g/mol. The number of aromatic nitrogens is 2. The lowest BCUT2D eigenvalue weighted by molar-refractivity contribution is 0.602. The molecule has 0 unspecified atom stereocenters. The van der Waals surface area contributed by atoms with Gasteiger partial charge in [-0.15, -0.1) is 0 Å². The summed E-state index contributed by atoms with van der Waals surface area (Å²) < 4.78 is 27.0. The van der Waals surface area contributed by atoms with Gasteiger partial charge in [0.05, 0.1) is 5.75 Å². The topological polar surface area (TPSA) is 74.0 Å².